The molecule has 1 saturated carbocycles. The van der Waals surface area contributed by atoms with Crippen LogP contribution in [0.1, 0.15) is 59.3 Å². The number of nitrogens with one attached hydrogen (secondary N) is 1. The fraction of sp³-hybridized carbons (Fsp3) is 0.933. The molecular formula is C15H30N2O2. The quantitative estimate of drug-likeness (QED) is 0.743. The fourth-order valence-corrected chi connectivity index (χ4v) is 2.79. The van der Waals surface area contributed by atoms with Gasteiger partial charge in [0.1, 0.15) is 0 Å². The van der Waals surface area contributed by atoms with E-state index in [-0.39, 0.29) is 11.9 Å². The van der Waals surface area contributed by atoms with E-state index in [1.54, 1.807) is 0 Å². The molecule has 1 aliphatic carbocycles. The van der Waals surface area contributed by atoms with Crippen LogP contribution in [0.2, 0.25) is 0 Å². The van der Waals surface area contributed by atoms with Crippen LogP contribution < -0.4 is 5.32 Å². The Balaban J connectivity index is 2.30. The number of carbonyl (C=O) groups is 1. The second-order valence-corrected chi connectivity index (χ2v) is 5.84. The summed E-state index contributed by atoms with van der Waals surface area (Å²) >= 11 is 0. The molecule has 1 fully saturated rings. The molecule has 0 aromatic rings. The Morgan fingerprint density at radius 2 is 1.84 bits per heavy atom. The van der Waals surface area contributed by atoms with E-state index < -0.39 is 5.60 Å². The van der Waals surface area contributed by atoms with Crippen molar-refractivity contribution >= 4 is 5.91 Å². The van der Waals surface area contributed by atoms with E-state index in [1.165, 1.54) is 6.42 Å². The third kappa shape index (κ3) is 5.49. The average molecular weight is 270 g/mol. The molecule has 0 bridgehead atoms. The first-order valence-corrected chi connectivity index (χ1v) is 7.74. The number of rotatable bonds is 7. The van der Waals surface area contributed by atoms with Gasteiger partial charge in [-0.15, -0.1) is 0 Å². The highest BCUT2D eigenvalue weighted by atomic mass is 16.3. The van der Waals surface area contributed by atoms with Gasteiger partial charge in [-0.1, -0.05) is 19.3 Å². The van der Waals surface area contributed by atoms with E-state index in [2.05, 4.69) is 5.32 Å². The second-order valence-electron chi connectivity index (χ2n) is 5.84. The van der Waals surface area contributed by atoms with Crippen LogP contribution in [0.5, 0.6) is 0 Å². The molecule has 0 aromatic heterocycles. The lowest BCUT2D eigenvalue weighted by atomic mass is 9.85. The summed E-state index contributed by atoms with van der Waals surface area (Å²) in [6.45, 7) is 8.18. The van der Waals surface area contributed by atoms with Crippen molar-refractivity contribution in [1.82, 2.24) is 10.2 Å². The maximum absolute atomic E-state index is 12.0. The number of carbonyl (C=O) groups excluding carboxylic acids is 1. The van der Waals surface area contributed by atoms with Gasteiger partial charge in [-0.3, -0.25) is 4.79 Å². The van der Waals surface area contributed by atoms with Crippen molar-refractivity contribution in [3.05, 3.63) is 0 Å². The number of hydrogen-bond acceptors (Lipinski definition) is 3. The van der Waals surface area contributed by atoms with Crippen molar-refractivity contribution in [2.45, 2.75) is 70.9 Å². The van der Waals surface area contributed by atoms with Crippen molar-refractivity contribution in [3.8, 4) is 0 Å². The Kier molecular flexibility index (Phi) is 6.80. The summed E-state index contributed by atoms with van der Waals surface area (Å²) < 4.78 is 0. The van der Waals surface area contributed by atoms with Gasteiger partial charge in [0, 0.05) is 32.1 Å². The van der Waals surface area contributed by atoms with E-state index in [1.807, 2.05) is 25.7 Å². The molecule has 0 saturated heterocycles. The van der Waals surface area contributed by atoms with Gasteiger partial charge in [0.05, 0.1) is 5.60 Å². The monoisotopic (exact) mass is 270 g/mol. The summed E-state index contributed by atoms with van der Waals surface area (Å²) in [6, 6.07) is 0.124. The summed E-state index contributed by atoms with van der Waals surface area (Å²) in [5.41, 5.74) is -0.551. The molecular weight excluding hydrogens is 240 g/mol. The van der Waals surface area contributed by atoms with Gasteiger partial charge in [-0.2, -0.15) is 0 Å². The number of amides is 1. The summed E-state index contributed by atoms with van der Waals surface area (Å²) in [7, 11) is 0. The molecule has 1 rings (SSSR count). The lowest BCUT2D eigenvalue weighted by Gasteiger charge is -2.33. The molecule has 0 aliphatic heterocycles. The molecule has 19 heavy (non-hydrogen) atoms. The van der Waals surface area contributed by atoms with Crippen molar-refractivity contribution < 1.29 is 9.90 Å². The lowest BCUT2D eigenvalue weighted by molar-refractivity contribution is -0.131. The van der Waals surface area contributed by atoms with Gasteiger partial charge in [0.2, 0.25) is 5.91 Å². The average Bonchev–Trinajstić information content (AvgIpc) is 2.39. The standard InChI is InChI=1S/C15H30N2O2/c1-4-17(5-2)14(18)11-13(3)16-12-15(19)9-7-6-8-10-15/h13,16,19H,4-12H2,1-3H3. The van der Waals surface area contributed by atoms with Crippen LogP contribution in [0.4, 0.5) is 0 Å². The maximum atomic E-state index is 12.0. The highest BCUT2D eigenvalue weighted by Crippen LogP contribution is 2.27. The molecule has 1 unspecified atom stereocenters. The van der Waals surface area contributed by atoms with Gasteiger partial charge < -0.3 is 15.3 Å². The SMILES string of the molecule is CCN(CC)C(=O)CC(C)NCC1(O)CCCCC1. The largest absolute Gasteiger partial charge is 0.389 e. The molecule has 1 atom stereocenters. The summed E-state index contributed by atoms with van der Waals surface area (Å²) in [4.78, 5) is 13.8. The minimum Gasteiger partial charge on any atom is -0.389 e. The van der Waals surface area contributed by atoms with Gasteiger partial charge in [-0.05, 0) is 33.6 Å². The number of aliphatic hydroxyl groups is 1. The summed E-state index contributed by atoms with van der Waals surface area (Å²) in [5, 5.41) is 13.7. The first-order chi connectivity index (χ1) is 9.00. The molecule has 0 aromatic carbocycles. The van der Waals surface area contributed by atoms with Crippen molar-refractivity contribution in [1.29, 1.82) is 0 Å². The zero-order chi connectivity index (χ0) is 14.3. The van der Waals surface area contributed by atoms with Crippen LogP contribution in [0.3, 0.4) is 0 Å². The Hall–Kier alpha value is -0.610. The van der Waals surface area contributed by atoms with Crippen LogP contribution in [0.25, 0.3) is 0 Å². The maximum Gasteiger partial charge on any atom is 0.224 e. The van der Waals surface area contributed by atoms with E-state index in [4.69, 9.17) is 0 Å². The zero-order valence-corrected chi connectivity index (χ0v) is 12.7. The predicted molar refractivity (Wildman–Crippen MR) is 78.0 cm³/mol. The smallest absolute Gasteiger partial charge is 0.224 e. The molecule has 112 valence electrons. The van der Waals surface area contributed by atoms with Crippen molar-refractivity contribution in [2.24, 2.45) is 0 Å². The van der Waals surface area contributed by atoms with Crippen molar-refractivity contribution in [3.63, 3.8) is 0 Å². The molecule has 4 nitrogen and oxygen atoms in total. The van der Waals surface area contributed by atoms with Gasteiger partial charge in [-0.25, -0.2) is 0 Å². The van der Waals surface area contributed by atoms with Crippen LogP contribution in [0, 0.1) is 0 Å². The van der Waals surface area contributed by atoms with Gasteiger partial charge in [0.15, 0.2) is 0 Å². The topological polar surface area (TPSA) is 52.6 Å². The third-order valence-corrected chi connectivity index (χ3v) is 4.16. The number of hydrogen-bond donors (Lipinski definition) is 2. The van der Waals surface area contributed by atoms with E-state index in [0.717, 1.165) is 38.8 Å². The first-order valence-electron chi connectivity index (χ1n) is 7.74. The Morgan fingerprint density at radius 3 is 2.37 bits per heavy atom. The van der Waals surface area contributed by atoms with E-state index in [0.29, 0.717) is 13.0 Å². The number of nitrogens with zero attached hydrogens (tertiary/aromatic N) is 1. The Morgan fingerprint density at radius 1 is 1.26 bits per heavy atom. The molecule has 0 heterocycles. The second kappa shape index (κ2) is 7.85. The van der Waals surface area contributed by atoms with Crippen LogP contribution in [0.15, 0.2) is 0 Å². The predicted octanol–water partition coefficient (Wildman–Crippen LogP) is 1.92. The Bertz CT molecular complexity index is 271. The normalized spacial score (nSPS) is 20.0. The van der Waals surface area contributed by atoms with Crippen molar-refractivity contribution in [2.75, 3.05) is 19.6 Å². The Labute approximate surface area is 117 Å². The van der Waals surface area contributed by atoms with E-state index >= 15 is 0 Å². The summed E-state index contributed by atoms with van der Waals surface area (Å²) in [5.74, 6) is 0.195. The minimum atomic E-state index is -0.551. The molecule has 0 radical (unpaired) electrons. The fourth-order valence-electron chi connectivity index (χ4n) is 2.79. The minimum absolute atomic E-state index is 0.124. The zero-order valence-electron chi connectivity index (χ0n) is 12.7. The lowest BCUT2D eigenvalue weighted by Crippen LogP contribution is -2.46. The first kappa shape index (κ1) is 16.4. The highest BCUT2D eigenvalue weighted by molar-refractivity contribution is 5.76. The summed E-state index contributed by atoms with van der Waals surface area (Å²) in [6.07, 6.45) is 5.75. The molecule has 0 spiro atoms. The molecule has 1 aliphatic rings. The van der Waals surface area contributed by atoms with Crippen LogP contribution in [-0.4, -0.2) is 47.2 Å². The van der Waals surface area contributed by atoms with Gasteiger partial charge >= 0.3 is 0 Å². The highest BCUT2D eigenvalue weighted by Gasteiger charge is 2.29. The third-order valence-electron chi connectivity index (χ3n) is 4.16. The van der Waals surface area contributed by atoms with E-state index in [9.17, 15) is 9.90 Å². The molecule has 2 N–H and O–H groups in total. The van der Waals surface area contributed by atoms with Gasteiger partial charge in [0.25, 0.3) is 0 Å². The molecule has 1 amide bonds. The molecule has 4 heteroatoms. The van der Waals surface area contributed by atoms with Crippen LogP contribution in [-0.2, 0) is 4.79 Å². The van der Waals surface area contributed by atoms with Crippen LogP contribution >= 0.6 is 0 Å².